The summed E-state index contributed by atoms with van der Waals surface area (Å²) in [5.74, 6) is -0.621. The molecule has 6 heteroatoms. The van der Waals surface area contributed by atoms with Crippen molar-refractivity contribution in [3.8, 4) is 0 Å². The van der Waals surface area contributed by atoms with Crippen LogP contribution in [0.25, 0.3) is 5.57 Å². The molecule has 0 spiro atoms. The average Bonchev–Trinajstić information content (AvgIpc) is 3.19. The molecule has 1 aromatic carbocycles. The van der Waals surface area contributed by atoms with Crippen molar-refractivity contribution < 1.29 is 9.59 Å². The zero-order chi connectivity index (χ0) is 18.0. The molecule has 1 aliphatic rings. The third kappa shape index (κ3) is 3.21. The van der Waals surface area contributed by atoms with Gasteiger partial charge in [-0.15, -0.1) is 17.9 Å². The van der Waals surface area contributed by atoms with Gasteiger partial charge in [0.05, 0.1) is 5.57 Å². The van der Waals surface area contributed by atoms with Crippen molar-refractivity contribution in [2.75, 3.05) is 30.9 Å². The van der Waals surface area contributed by atoms with E-state index in [2.05, 4.69) is 11.9 Å². The van der Waals surface area contributed by atoms with Gasteiger partial charge in [0, 0.05) is 36.9 Å². The summed E-state index contributed by atoms with van der Waals surface area (Å²) in [6.07, 6.45) is 1.55. The van der Waals surface area contributed by atoms with Crippen LogP contribution in [0.4, 0.5) is 11.4 Å². The number of amides is 2. The summed E-state index contributed by atoms with van der Waals surface area (Å²) in [5, 5.41) is 5.02. The van der Waals surface area contributed by atoms with Crippen LogP contribution in [0.5, 0.6) is 0 Å². The molecular formula is C19H19N3O2S. The molecule has 1 N–H and O–H groups in total. The third-order valence-electron chi connectivity index (χ3n) is 3.90. The standard InChI is InChI=1S/C19H19N3O2S/c1-4-11-22-18(23)16(15-6-5-12-25-15)17(19(22)24)20-13-7-9-14(10-8-13)21(2)3/h4-10,12,20H,1,11H2,2-3H3. The van der Waals surface area contributed by atoms with Gasteiger partial charge in [0.1, 0.15) is 5.70 Å². The number of nitrogens with one attached hydrogen (secondary N) is 1. The predicted octanol–water partition coefficient (Wildman–Crippen LogP) is 3.19. The third-order valence-corrected chi connectivity index (χ3v) is 4.79. The monoisotopic (exact) mass is 353 g/mol. The van der Waals surface area contributed by atoms with E-state index in [1.54, 1.807) is 6.08 Å². The SMILES string of the molecule is C=CCN1C(=O)C(Nc2ccc(N(C)C)cc2)=C(c2cccs2)C1=O. The molecule has 25 heavy (non-hydrogen) atoms. The van der Waals surface area contributed by atoms with Crippen LogP contribution in [-0.4, -0.2) is 37.4 Å². The molecule has 0 radical (unpaired) electrons. The van der Waals surface area contributed by atoms with Gasteiger partial charge < -0.3 is 10.2 Å². The molecule has 0 atom stereocenters. The second kappa shape index (κ2) is 6.94. The highest BCUT2D eigenvalue weighted by atomic mass is 32.1. The maximum Gasteiger partial charge on any atom is 0.278 e. The number of anilines is 2. The Hall–Kier alpha value is -2.86. The van der Waals surface area contributed by atoms with Crippen molar-refractivity contribution in [2.45, 2.75) is 0 Å². The van der Waals surface area contributed by atoms with E-state index in [1.165, 1.54) is 16.2 Å². The Morgan fingerprint density at radius 1 is 1.16 bits per heavy atom. The van der Waals surface area contributed by atoms with Crippen molar-refractivity contribution in [3.63, 3.8) is 0 Å². The molecule has 0 unspecified atom stereocenters. The van der Waals surface area contributed by atoms with E-state index in [-0.39, 0.29) is 18.4 Å². The molecule has 0 saturated carbocycles. The van der Waals surface area contributed by atoms with Gasteiger partial charge in [0.25, 0.3) is 11.8 Å². The van der Waals surface area contributed by atoms with Gasteiger partial charge in [-0.25, -0.2) is 0 Å². The number of carbonyl (C=O) groups is 2. The summed E-state index contributed by atoms with van der Waals surface area (Å²) in [4.78, 5) is 29.4. The quantitative estimate of drug-likeness (QED) is 0.640. The van der Waals surface area contributed by atoms with Crippen LogP contribution in [0.2, 0.25) is 0 Å². The number of hydrogen-bond donors (Lipinski definition) is 1. The Balaban J connectivity index is 1.98. The lowest BCUT2D eigenvalue weighted by atomic mass is 10.2. The first-order valence-electron chi connectivity index (χ1n) is 7.82. The zero-order valence-corrected chi connectivity index (χ0v) is 15.0. The van der Waals surface area contributed by atoms with Gasteiger partial charge in [-0.05, 0) is 35.7 Å². The van der Waals surface area contributed by atoms with Crippen LogP contribution in [-0.2, 0) is 9.59 Å². The number of hydrogen-bond acceptors (Lipinski definition) is 5. The molecule has 1 aromatic heterocycles. The minimum Gasteiger partial charge on any atom is -0.378 e. The molecule has 2 amide bonds. The van der Waals surface area contributed by atoms with Gasteiger partial charge >= 0.3 is 0 Å². The summed E-state index contributed by atoms with van der Waals surface area (Å²) in [5.41, 5.74) is 2.54. The molecular weight excluding hydrogens is 334 g/mol. The minimum absolute atomic E-state index is 0.192. The molecule has 128 valence electrons. The number of thiophene rings is 1. The van der Waals surface area contributed by atoms with Crippen molar-refractivity contribution >= 4 is 40.1 Å². The van der Waals surface area contributed by atoms with E-state index in [4.69, 9.17) is 0 Å². The Bertz CT molecular complexity index is 836. The molecule has 0 bridgehead atoms. The zero-order valence-electron chi connectivity index (χ0n) is 14.2. The van der Waals surface area contributed by atoms with Crippen LogP contribution in [0.1, 0.15) is 4.88 Å². The summed E-state index contributed by atoms with van der Waals surface area (Å²) in [6, 6.07) is 11.4. The van der Waals surface area contributed by atoms with Crippen LogP contribution < -0.4 is 10.2 Å². The number of rotatable bonds is 6. The van der Waals surface area contributed by atoms with E-state index in [1.807, 2.05) is 60.8 Å². The fourth-order valence-corrected chi connectivity index (χ4v) is 3.39. The van der Waals surface area contributed by atoms with Crippen molar-refractivity contribution in [1.29, 1.82) is 0 Å². The smallest absolute Gasteiger partial charge is 0.278 e. The lowest BCUT2D eigenvalue weighted by Gasteiger charge is -2.14. The summed E-state index contributed by atoms with van der Waals surface area (Å²) >= 11 is 1.44. The van der Waals surface area contributed by atoms with E-state index >= 15 is 0 Å². The fraction of sp³-hybridized carbons (Fsp3) is 0.158. The summed E-state index contributed by atoms with van der Waals surface area (Å²) in [6.45, 7) is 3.82. The van der Waals surface area contributed by atoms with Crippen LogP contribution in [0.3, 0.4) is 0 Å². The Morgan fingerprint density at radius 3 is 2.44 bits per heavy atom. The second-order valence-corrected chi connectivity index (χ2v) is 6.75. The number of imide groups is 1. The highest BCUT2D eigenvalue weighted by Gasteiger charge is 2.38. The topological polar surface area (TPSA) is 52.7 Å². The average molecular weight is 353 g/mol. The number of benzene rings is 1. The first-order chi connectivity index (χ1) is 12.0. The maximum absolute atomic E-state index is 12.7. The first-order valence-corrected chi connectivity index (χ1v) is 8.70. The van der Waals surface area contributed by atoms with Crippen LogP contribution in [0, 0.1) is 0 Å². The number of nitrogens with zero attached hydrogens (tertiary/aromatic N) is 2. The lowest BCUT2D eigenvalue weighted by Crippen LogP contribution is -2.32. The fourth-order valence-electron chi connectivity index (χ4n) is 2.62. The Morgan fingerprint density at radius 2 is 1.88 bits per heavy atom. The predicted molar refractivity (Wildman–Crippen MR) is 103 cm³/mol. The van der Waals surface area contributed by atoms with E-state index in [9.17, 15) is 9.59 Å². The highest BCUT2D eigenvalue weighted by Crippen LogP contribution is 2.33. The lowest BCUT2D eigenvalue weighted by molar-refractivity contribution is -0.136. The van der Waals surface area contributed by atoms with Crippen LogP contribution >= 0.6 is 11.3 Å². The molecule has 2 heterocycles. The van der Waals surface area contributed by atoms with Crippen molar-refractivity contribution in [1.82, 2.24) is 4.90 Å². The minimum atomic E-state index is -0.329. The normalized spacial score (nSPS) is 14.2. The molecule has 3 rings (SSSR count). The van der Waals surface area contributed by atoms with Gasteiger partial charge in [-0.1, -0.05) is 12.1 Å². The Kier molecular flexibility index (Phi) is 4.72. The van der Waals surface area contributed by atoms with Crippen molar-refractivity contribution in [2.24, 2.45) is 0 Å². The molecule has 1 aliphatic heterocycles. The maximum atomic E-state index is 12.7. The molecule has 5 nitrogen and oxygen atoms in total. The first kappa shape index (κ1) is 17.0. The molecule has 0 fully saturated rings. The molecule has 0 saturated heterocycles. The van der Waals surface area contributed by atoms with E-state index < -0.39 is 0 Å². The van der Waals surface area contributed by atoms with Gasteiger partial charge in [0.15, 0.2) is 0 Å². The van der Waals surface area contributed by atoms with Crippen LogP contribution in [0.15, 0.2) is 60.1 Å². The van der Waals surface area contributed by atoms with E-state index in [0.29, 0.717) is 11.3 Å². The van der Waals surface area contributed by atoms with Gasteiger partial charge in [-0.2, -0.15) is 0 Å². The summed E-state index contributed by atoms with van der Waals surface area (Å²) in [7, 11) is 3.93. The molecule has 2 aromatic rings. The van der Waals surface area contributed by atoms with Gasteiger partial charge in [0.2, 0.25) is 0 Å². The second-order valence-electron chi connectivity index (χ2n) is 5.80. The summed E-state index contributed by atoms with van der Waals surface area (Å²) < 4.78 is 0. The van der Waals surface area contributed by atoms with E-state index in [0.717, 1.165) is 16.3 Å². The number of carbonyl (C=O) groups excluding carboxylic acids is 2. The highest BCUT2D eigenvalue weighted by molar-refractivity contribution is 7.11. The Labute approximate surface area is 150 Å². The molecule has 0 aliphatic carbocycles. The van der Waals surface area contributed by atoms with Gasteiger partial charge in [-0.3, -0.25) is 14.5 Å². The van der Waals surface area contributed by atoms with Crippen molar-refractivity contribution in [3.05, 3.63) is 65.0 Å². The largest absolute Gasteiger partial charge is 0.378 e.